The van der Waals surface area contributed by atoms with Crippen molar-refractivity contribution in [3.8, 4) is 11.4 Å². The Morgan fingerprint density at radius 3 is 2.53 bits per heavy atom. The Morgan fingerprint density at radius 1 is 1.11 bits per heavy atom. The first-order chi connectivity index (χ1) is 18.0. The molecule has 0 radical (unpaired) electrons. The van der Waals surface area contributed by atoms with Crippen LogP contribution in [0.4, 0.5) is 4.79 Å². The van der Waals surface area contributed by atoms with Crippen LogP contribution in [-0.4, -0.2) is 44.8 Å². The van der Waals surface area contributed by atoms with Crippen molar-refractivity contribution in [1.29, 1.82) is 0 Å². The number of thioether (sulfide) groups is 1. The molecule has 0 spiro atoms. The van der Waals surface area contributed by atoms with Gasteiger partial charge in [0.1, 0.15) is 12.4 Å². The largest absolute Gasteiger partial charge is 0.491 e. The van der Waals surface area contributed by atoms with E-state index in [0.29, 0.717) is 10.6 Å². The number of aromatic nitrogens is 1. The quantitative estimate of drug-likeness (QED) is 0.303. The molecule has 1 aliphatic heterocycles. The zero-order chi connectivity index (χ0) is 27.7. The highest BCUT2D eigenvalue weighted by molar-refractivity contribution is 8.18. The van der Waals surface area contributed by atoms with Crippen molar-refractivity contribution >= 4 is 46.6 Å². The van der Waals surface area contributed by atoms with Crippen molar-refractivity contribution in [2.24, 2.45) is 0 Å². The minimum atomic E-state index is -1.11. The first-order valence-corrected chi connectivity index (χ1v) is 13.4. The van der Waals surface area contributed by atoms with E-state index < -0.39 is 5.97 Å². The number of amides is 2. The number of nitrogens with zero attached hydrogens (tertiary/aromatic N) is 2. The van der Waals surface area contributed by atoms with Crippen LogP contribution in [0.15, 0.2) is 47.4 Å². The third-order valence-electron chi connectivity index (χ3n) is 6.43. The fourth-order valence-corrected chi connectivity index (χ4v) is 5.53. The van der Waals surface area contributed by atoms with Crippen molar-refractivity contribution in [3.05, 3.63) is 86.0 Å². The first kappa shape index (κ1) is 27.5. The van der Waals surface area contributed by atoms with Gasteiger partial charge in [0.15, 0.2) is 0 Å². The number of ether oxygens (including phenoxy) is 1. The Labute approximate surface area is 231 Å². The summed E-state index contributed by atoms with van der Waals surface area (Å²) in [5.74, 6) is -0.419. The molecular weight excluding hydrogens is 524 g/mol. The fraction of sp³-hybridized carbons (Fsp3) is 0.276. The Balaban J connectivity index is 1.52. The van der Waals surface area contributed by atoms with Crippen LogP contribution in [0.25, 0.3) is 11.8 Å². The molecule has 0 unspecified atom stereocenters. The average Bonchev–Trinajstić information content (AvgIpc) is 3.28. The number of hydrogen-bond acceptors (Lipinski definition) is 5. The highest BCUT2D eigenvalue weighted by Gasteiger charge is 2.35. The molecule has 2 amide bonds. The SMILES string of the molecule is Cc1ccc(C(C)C)c(OCCN2C(=O)S/C(=C\c3cc(C)n(-c4ccc(Cl)c(C(=O)O)c4)c3C)C2=O)c1. The number of aromatic carboxylic acids is 1. The Morgan fingerprint density at radius 2 is 1.84 bits per heavy atom. The van der Waals surface area contributed by atoms with Gasteiger partial charge in [0.2, 0.25) is 0 Å². The molecule has 1 fully saturated rings. The first-order valence-electron chi connectivity index (χ1n) is 12.2. The van der Waals surface area contributed by atoms with E-state index in [1.807, 2.05) is 49.6 Å². The average molecular weight is 553 g/mol. The lowest BCUT2D eigenvalue weighted by molar-refractivity contribution is -0.123. The second-order valence-corrected chi connectivity index (χ2v) is 10.9. The molecule has 0 bridgehead atoms. The molecule has 3 aromatic rings. The fourth-order valence-electron chi connectivity index (χ4n) is 4.47. The second kappa shape index (κ2) is 11.1. The second-order valence-electron chi connectivity index (χ2n) is 9.51. The predicted molar refractivity (Wildman–Crippen MR) is 151 cm³/mol. The van der Waals surface area contributed by atoms with Crippen LogP contribution in [0.5, 0.6) is 5.75 Å². The van der Waals surface area contributed by atoms with Gasteiger partial charge in [0.05, 0.1) is 22.0 Å². The van der Waals surface area contributed by atoms with Gasteiger partial charge in [-0.05, 0) is 91.5 Å². The van der Waals surface area contributed by atoms with Crippen LogP contribution in [0.1, 0.15) is 58.2 Å². The number of carbonyl (C=O) groups is 3. The number of carboxylic acid groups (broad SMARTS) is 1. The lowest BCUT2D eigenvalue weighted by Gasteiger charge is -2.17. The topological polar surface area (TPSA) is 88.8 Å². The van der Waals surface area contributed by atoms with Gasteiger partial charge in [-0.2, -0.15) is 0 Å². The van der Waals surface area contributed by atoms with Crippen LogP contribution in [0.2, 0.25) is 5.02 Å². The van der Waals surface area contributed by atoms with Gasteiger partial charge in [0, 0.05) is 17.1 Å². The Bertz CT molecular complexity index is 1470. The molecule has 0 saturated carbocycles. The summed E-state index contributed by atoms with van der Waals surface area (Å²) in [6.07, 6.45) is 1.70. The van der Waals surface area contributed by atoms with Crippen LogP contribution in [-0.2, 0) is 4.79 Å². The van der Waals surface area contributed by atoms with Crippen molar-refractivity contribution in [3.63, 3.8) is 0 Å². The van der Waals surface area contributed by atoms with E-state index >= 15 is 0 Å². The molecule has 1 aromatic heterocycles. The predicted octanol–water partition coefficient (Wildman–Crippen LogP) is 6.99. The number of carboxylic acids is 1. The van der Waals surface area contributed by atoms with Gasteiger partial charge in [-0.25, -0.2) is 4.79 Å². The summed E-state index contributed by atoms with van der Waals surface area (Å²) in [7, 11) is 0. The van der Waals surface area contributed by atoms with E-state index in [2.05, 4.69) is 13.8 Å². The van der Waals surface area contributed by atoms with Crippen molar-refractivity contribution in [1.82, 2.24) is 9.47 Å². The van der Waals surface area contributed by atoms with Crippen LogP contribution in [0.3, 0.4) is 0 Å². The maximum Gasteiger partial charge on any atom is 0.337 e. The molecule has 1 N–H and O–H groups in total. The highest BCUT2D eigenvalue weighted by atomic mass is 35.5. The van der Waals surface area contributed by atoms with E-state index in [1.165, 1.54) is 11.0 Å². The third kappa shape index (κ3) is 5.51. The van der Waals surface area contributed by atoms with E-state index in [1.54, 1.807) is 18.2 Å². The molecule has 0 aliphatic carbocycles. The van der Waals surface area contributed by atoms with E-state index in [-0.39, 0.29) is 40.8 Å². The molecule has 0 atom stereocenters. The summed E-state index contributed by atoms with van der Waals surface area (Å²) in [5, 5.41) is 9.26. The summed E-state index contributed by atoms with van der Waals surface area (Å²) in [6, 6.07) is 12.8. The van der Waals surface area contributed by atoms with E-state index in [9.17, 15) is 19.5 Å². The number of rotatable bonds is 8. The molecular formula is C29H29ClN2O5S. The molecule has 4 rings (SSSR count). The summed E-state index contributed by atoms with van der Waals surface area (Å²) in [4.78, 5) is 38.8. The maximum atomic E-state index is 13.1. The van der Waals surface area contributed by atoms with Gasteiger partial charge in [-0.3, -0.25) is 14.5 Å². The molecule has 38 heavy (non-hydrogen) atoms. The van der Waals surface area contributed by atoms with Gasteiger partial charge in [-0.15, -0.1) is 0 Å². The summed E-state index contributed by atoms with van der Waals surface area (Å²) < 4.78 is 7.87. The number of carbonyl (C=O) groups excluding carboxylic acids is 2. The molecule has 198 valence electrons. The zero-order valence-electron chi connectivity index (χ0n) is 21.9. The molecule has 1 saturated heterocycles. The van der Waals surface area contributed by atoms with E-state index in [0.717, 1.165) is 45.6 Å². The third-order valence-corrected chi connectivity index (χ3v) is 7.67. The highest BCUT2D eigenvalue weighted by Crippen LogP contribution is 2.34. The number of halogens is 1. The molecule has 7 nitrogen and oxygen atoms in total. The Hall–Kier alpha value is -3.49. The smallest absolute Gasteiger partial charge is 0.337 e. The van der Waals surface area contributed by atoms with Crippen molar-refractivity contribution in [2.45, 2.75) is 40.5 Å². The van der Waals surface area contributed by atoms with Crippen LogP contribution >= 0.6 is 23.4 Å². The summed E-state index contributed by atoms with van der Waals surface area (Å²) >= 11 is 6.93. The van der Waals surface area contributed by atoms with Gasteiger partial charge >= 0.3 is 5.97 Å². The lowest BCUT2D eigenvalue weighted by atomic mass is 10.0. The number of imide groups is 1. The molecule has 1 aliphatic rings. The van der Waals surface area contributed by atoms with Gasteiger partial charge in [-0.1, -0.05) is 37.6 Å². The summed E-state index contributed by atoms with van der Waals surface area (Å²) in [6.45, 7) is 10.3. The van der Waals surface area contributed by atoms with Crippen LogP contribution in [0, 0.1) is 20.8 Å². The Kier molecular flexibility index (Phi) is 8.04. The molecule has 2 heterocycles. The number of aryl methyl sites for hydroxylation is 2. The lowest BCUT2D eigenvalue weighted by Crippen LogP contribution is -2.32. The summed E-state index contributed by atoms with van der Waals surface area (Å²) in [5.41, 5.74) is 5.22. The minimum absolute atomic E-state index is 0.00716. The van der Waals surface area contributed by atoms with Crippen molar-refractivity contribution in [2.75, 3.05) is 13.2 Å². The number of hydrogen-bond donors (Lipinski definition) is 1. The standard InChI is InChI=1S/C29H29ClN2O5S/c1-16(2)22-8-6-17(3)12-25(22)37-11-10-31-27(33)26(38-29(31)36)14-20-13-18(4)32(19(20)5)21-7-9-24(30)23(15-21)28(34)35/h6-9,12-16H,10-11H2,1-5H3,(H,34,35)/b26-14-. The normalized spacial score (nSPS) is 14.7. The molecule has 9 heteroatoms. The van der Waals surface area contributed by atoms with Gasteiger partial charge in [0.25, 0.3) is 11.1 Å². The maximum absolute atomic E-state index is 13.1. The minimum Gasteiger partial charge on any atom is -0.491 e. The molecule has 2 aromatic carbocycles. The van der Waals surface area contributed by atoms with Crippen LogP contribution < -0.4 is 4.74 Å². The van der Waals surface area contributed by atoms with Gasteiger partial charge < -0.3 is 14.4 Å². The zero-order valence-corrected chi connectivity index (χ0v) is 23.4. The number of benzene rings is 2. The monoisotopic (exact) mass is 552 g/mol. The van der Waals surface area contributed by atoms with Crippen molar-refractivity contribution < 1.29 is 24.2 Å². The van der Waals surface area contributed by atoms with E-state index in [4.69, 9.17) is 16.3 Å².